The predicted octanol–water partition coefficient (Wildman–Crippen LogP) is 1.87. The monoisotopic (exact) mass is 287 g/mol. The third-order valence-electron chi connectivity index (χ3n) is 2.71. The van der Waals surface area contributed by atoms with Gasteiger partial charge in [0.05, 0.1) is 0 Å². The molecule has 1 aliphatic heterocycles. The van der Waals surface area contributed by atoms with E-state index in [2.05, 4.69) is 15.5 Å². The van der Waals surface area contributed by atoms with Gasteiger partial charge in [-0.2, -0.15) is 0 Å². The van der Waals surface area contributed by atoms with Crippen LogP contribution in [0, 0.1) is 0 Å². The minimum atomic E-state index is -0.458. The van der Waals surface area contributed by atoms with Crippen LogP contribution in [0.4, 0.5) is 4.79 Å². The first kappa shape index (κ1) is 16.0. The van der Waals surface area contributed by atoms with Gasteiger partial charge in [-0.3, -0.25) is 0 Å². The zero-order valence-electron chi connectivity index (χ0n) is 12.1. The first-order chi connectivity index (χ1) is 8.88. The van der Waals surface area contributed by atoms with Gasteiger partial charge in [-0.05, 0) is 52.3 Å². The van der Waals surface area contributed by atoms with Gasteiger partial charge in [0.25, 0.3) is 0 Å². The van der Waals surface area contributed by atoms with Crippen LogP contribution >= 0.6 is 12.2 Å². The molecule has 1 heterocycles. The summed E-state index contributed by atoms with van der Waals surface area (Å²) in [7, 11) is 0. The van der Waals surface area contributed by atoms with Gasteiger partial charge in [0, 0.05) is 26.2 Å². The molecule has 5 nitrogen and oxygen atoms in total. The molecule has 0 unspecified atom stereocenters. The summed E-state index contributed by atoms with van der Waals surface area (Å²) in [5.74, 6) is 0. The van der Waals surface area contributed by atoms with E-state index in [0.717, 1.165) is 18.2 Å². The van der Waals surface area contributed by atoms with Gasteiger partial charge in [-0.1, -0.05) is 0 Å². The molecule has 0 aromatic heterocycles. The number of amides is 1. The maximum Gasteiger partial charge on any atom is 0.407 e. The standard InChI is InChI=1S/C13H25N3O2S/c1-13(2,3)18-12(17)15-8-7-14-11(19)16-9-5-4-6-10-16/h4-10H2,1-3H3,(H,14,19)(H,15,17). The summed E-state index contributed by atoms with van der Waals surface area (Å²) in [4.78, 5) is 13.6. The van der Waals surface area contributed by atoms with Crippen LogP contribution in [0.2, 0.25) is 0 Å². The maximum atomic E-state index is 11.4. The number of carbonyl (C=O) groups is 1. The summed E-state index contributed by atoms with van der Waals surface area (Å²) in [5.41, 5.74) is -0.458. The Hall–Kier alpha value is -1.04. The molecule has 0 bridgehead atoms. The molecule has 1 fully saturated rings. The summed E-state index contributed by atoms with van der Waals surface area (Å²) in [6, 6.07) is 0. The molecule has 0 radical (unpaired) electrons. The third kappa shape index (κ3) is 7.20. The van der Waals surface area contributed by atoms with E-state index >= 15 is 0 Å². The van der Waals surface area contributed by atoms with Gasteiger partial charge in [0.1, 0.15) is 5.60 Å². The van der Waals surface area contributed by atoms with Crippen LogP contribution in [0.3, 0.4) is 0 Å². The van der Waals surface area contributed by atoms with Gasteiger partial charge in [-0.15, -0.1) is 0 Å². The molecule has 110 valence electrons. The molecule has 6 heteroatoms. The third-order valence-corrected chi connectivity index (χ3v) is 3.12. The number of carbonyl (C=O) groups excluding carboxylic acids is 1. The number of rotatable bonds is 3. The Bertz CT molecular complexity index is 310. The van der Waals surface area contributed by atoms with Crippen molar-refractivity contribution in [1.29, 1.82) is 0 Å². The van der Waals surface area contributed by atoms with E-state index in [9.17, 15) is 4.79 Å². The molecular weight excluding hydrogens is 262 g/mol. The fraction of sp³-hybridized carbons (Fsp3) is 0.846. The lowest BCUT2D eigenvalue weighted by Crippen LogP contribution is -2.45. The van der Waals surface area contributed by atoms with Gasteiger partial charge in [0.15, 0.2) is 5.11 Å². The van der Waals surface area contributed by atoms with Crippen LogP contribution < -0.4 is 10.6 Å². The smallest absolute Gasteiger partial charge is 0.407 e. The molecule has 0 aromatic rings. The number of ether oxygens (including phenoxy) is 1. The van der Waals surface area contributed by atoms with E-state index < -0.39 is 11.7 Å². The van der Waals surface area contributed by atoms with Crippen molar-refractivity contribution in [2.75, 3.05) is 26.2 Å². The molecule has 19 heavy (non-hydrogen) atoms. The summed E-state index contributed by atoms with van der Waals surface area (Å²) in [5, 5.41) is 6.64. The van der Waals surface area contributed by atoms with Crippen LogP contribution in [0.1, 0.15) is 40.0 Å². The normalized spacial score (nSPS) is 15.8. The number of likely N-dealkylation sites (tertiary alicyclic amines) is 1. The first-order valence-electron chi connectivity index (χ1n) is 6.88. The van der Waals surface area contributed by atoms with Crippen LogP contribution in [0.25, 0.3) is 0 Å². The molecule has 0 saturated carbocycles. The maximum absolute atomic E-state index is 11.4. The topological polar surface area (TPSA) is 53.6 Å². The van der Waals surface area contributed by atoms with E-state index in [1.807, 2.05) is 20.8 Å². The Morgan fingerprint density at radius 1 is 1.16 bits per heavy atom. The van der Waals surface area contributed by atoms with Crippen LogP contribution in [-0.4, -0.2) is 47.9 Å². The number of hydrogen-bond acceptors (Lipinski definition) is 3. The van der Waals surface area contributed by atoms with E-state index in [0.29, 0.717) is 13.1 Å². The summed E-state index contributed by atoms with van der Waals surface area (Å²) < 4.78 is 5.14. The molecular formula is C13H25N3O2S. The van der Waals surface area contributed by atoms with Gasteiger partial charge < -0.3 is 20.3 Å². The van der Waals surface area contributed by atoms with E-state index in [1.54, 1.807) is 0 Å². The van der Waals surface area contributed by atoms with Crippen molar-refractivity contribution >= 4 is 23.4 Å². The van der Waals surface area contributed by atoms with Crippen molar-refractivity contribution < 1.29 is 9.53 Å². The highest BCUT2D eigenvalue weighted by Crippen LogP contribution is 2.08. The van der Waals surface area contributed by atoms with Crippen molar-refractivity contribution in [3.63, 3.8) is 0 Å². The van der Waals surface area contributed by atoms with Crippen molar-refractivity contribution in [2.45, 2.75) is 45.6 Å². The zero-order valence-corrected chi connectivity index (χ0v) is 12.9. The van der Waals surface area contributed by atoms with Crippen LogP contribution in [0.15, 0.2) is 0 Å². The highest BCUT2D eigenvalue weighted by atomic mass is 32.1. The molecule has 0 aliphatic carbocycles. The number of alkyl carbamates (subject to hydrolysis) is 1. The molecule has 1 amide bonds. The second-order valence-electron chi connectivity index (χ2n) is 5.71. The van der Waals surface area contributed by atoms with Gasteiger partial charge in [-0.25, -0.2) is 4.79 Å². The first-order valence-corrected chi connectivity index (χ1v) is 7.29. The number of nitrogens with one attached hydrogen (secondary N) is 2. The zero-order chi connectivity index (χ0) is 14.3. The Morgan fingerprint density at radius 3 is 2.32 bits per heavy atom. The lowest BCUT2D eigenvalue weighted by atomic mass is 10.1. The second kappa shape index (κ2) is 7.53. The summed E-state index contributed by atoms with van der Waals surface area (Å²) in [6.07, 6.45) is 3.31. The minimum Gasteiger partial charge on any atom is -0.444 e. The average Bonchev–Trinajstić information content (AvgIpc) is 2.33. The van der Waals surface area contributed by atoms with E-state index in [1.165, 1.54) is 19.3 Å². The Balaban J connectivity index is 2.10. The highest BCUT2D eigenvalue weighted by molar-refractivity contribution is 7.80. The van der Waals surface area contributed by atoms with Crippen LogP contribution in [-0.2, 0) is 4.74 Å². The van der Waals surface area contributed by atoms with Crippen molar-refractivity contribution in [2.24, 2.45) is 0 Å². The molecule has 2 N–H and O–H groups in total. The lowest BCUT2D eigenvalue weighted by molar-refractivity contribution is 0.0529. The lowest BCUT2D eigenvalue weighted by Gasteiger charge is -2.29. The van der Waals surface area contributed by atoms with E-state index in [4.69, 9.17) is 17.0 Å². The number of piperidine rings is 1. The quantitative estimate of drug-likeness (QED) is 0.613. The number of hydrogen-bond donors (Lipinski definition) is 2. The van der Waals surface area contributed by atoms with Gasteiger partial charge >= 0.3 is 6.09 Å². The molecule has 0 atom stereocenters. The largest absolute Gasteiger partial charge is 0.444 e. The Kier molecular flexibility index (Phi) is 6.34. The van der Waals surface area contributed by atoms with E-state index in [-0.39, 0.29) is 0 Å². The van der Waals surface area contributed by atoms with Crippen LogP contribution in [0.5, 0.6) is 0 Å². The summed E-state index contributed by atoms with van der Waals surface area (Å²) in [6.45, 7) is 8.72. The average molecular weight is 287 g/mol. The van der Waals surface area contributed by atoms with Gasteiger partial charge in [0.2, 0.25) is 0 Å². The summed E-state index contributed by atoms with van der Waals surface area (Å²) >= 11 is 5.31. The number of thiocarbonyl (C=S) groups is 1. The predicted molar refractivity (Wildman–Crippen MR) is 80.3 cm³/mol. The number of nitrogens with zero attached hydrogens (tertiary/aromatic N) is 1. The highest BCUT2D eigenvalue weighted by Gasteiger charge is 2.16. The molecule has 0 aromatic carbocycles. The Labute approximate surface area is 121 Å². The fourth-order valence-corrected chi connectivity index (χ4v) is 2.14. The minimum absolute atomic E-state index is 0.391. The second-order valence-corrected chi connectivity index (χ2v) is 6.10. The molecule has 1 saturated heterocycles. The Morgan fingerprint density at radius 2 is 1.74 bits per heavy atom. The molecule has 1 aliphatic rings. The van der Waals surface area contributed by atoms with Crippen molar-refractivity contribution in [1.82, 2.24) is 15.5 Å². The molecule has 1 rings (SSSR count). The van der Waals surface area contributed by atoms with Crippen molar-refractivity contribution in [3.8, 4) is 0 Å². The van der Waals surface area contributed by atoms with Crippen molar-refractivity contribution in [3.05, 3.63) is 0 Å². The fourth-order valence-electron chi connectivity index (χ4n) is 1.86. The SMILES string of the molecule is CC(C)(C)OC(=O)NCCNC(=S)N1CCCCC1. The molecule has 0 spiro atoms.